The highest BCUT2D eigenvalue weighted by molar-refractivity contribution is 6.03. The first-order valence-corrected chi connectivity index (χ1v) is 15.5. The van der Waals surface area contributed by atoms with Gasteiger partial charge in [-0.05, 0) is 57.6 Å². The highest BCUT2D eigenvalue weighted by Crippen LogP contribution is 2.64. The van der Waals surface area contributed by atoms with Crippen molar-refractivity contribution in [1.82, 2.24) is 9.80 Å². The second-order valence-corrected chi connectivity index (χ2v) is 12.9. The van der Waals surface area contributed by atoms with E-state index in [-0.39, 0.29) is 42.8 Å². The maximum Gasteiger partial charge on any atom is 0.248 e. The number of benzene rings is 1. The number of fused-ring (bicyclic) bond motifs is 1. The highest BCUT2D eigenvalue weighted by atomic mass is 16.5. The lowest BCUT2D eigenvalue weighted by atomic mass is 9.66. The highest BCUT2D eigenvalue weighted by Gasteiger charge is 2.79. The molecule has 3 amide bonds. The van der Waals surface area contributed by atoms with Gasteiger partial charge in [-0.25, -0.2) is 0 Å². The summed E-state index contributed by atoms with van der Waals surface area (Å²) < 4.78 is 6.88. The van der Waals surface area contributed by atoms with Gasteiger partial charge in [0.2, 0.25) is 17.7 Å². The number of hydrogen-bond acceptors (Lipinski definition) is 5. The SMILES string of the molecule is C=CCN(C(=O)[C@@H]1[C@H]2C(=O)N([C@@H](CO)CC(C)C)C(C(=O)N(CC=C)C(C)CCC)C23CC[C@@]1(C)O3)c1ccccc1. The summed E-state index contributed by atoms with van der Waals surface area (Å²) in [6, 6.07) is 7.81. The van der Waals surface area contributed by atoms with Crippen LogP contribution in [0.2, 0.25) is 0 Å². The average molecular weight is 580 g/mol. The lowest BCUT2D eigenvalue weighted by molar-refractivity contribution is -0.156. The molecule has 7 atom stereocenters. The molecule has 3 unspecified atom stereocenters. The quantitative estimate of drug-likeness (QED) is 0.326. The fourth-order valence-corrected chi connectivity index (χ4v) is 7.82. The van der Waals surface area contributed by atoms with Gasteiger partial charge in [-0.3, -0.25) is 14.4 Å². The fourth-order valence-electron chi connectivity index (χ4n) is 7.82. The number of nitrogens with zero attached hydrogens (tertiary/aromatic N) is 3. The number of aliphatic hydroxyl groups excluding tert-OH is 1. The van der Waals surface area contributed by atoms with E-state index in [0.717, 1.165) is 18.5 Å². The standard InChI is InChI=1S/C34H49N3O5/c1-8-14-24(6)35(19-9-2)32(41)29-34-18-17-33(7,42-34)27(28(34)31(40)37(29)26(22-38)21-23(4)5)30(39)36(20-10-3)25-15-12-11-13-16-25/h9-13,15-16,23-24,26-29,38H,2-3,8,14,17-22H2,1,4-7H3/t24?,26-,27+,28+,29?,33-,34?/m1/s1. The number of carbonyl (C=O) groups is 3. The molecule has 1 spiro atoms. The molecule has 3 fully saturated rings. The maximum atomic E-state index is 14.7. The lowest BCUT2D eigenvalue weighted by Gasteiger charge is -2.41. The Labute approximate surface area is 251 Å². The van der Waals surface area contributed by atoms with Gasteiger partial charge in [0.1, 0.15) is 11.6 Å². The molecule has 0 aliphatic carbocycles. The van der Waals surface area contributed by atoms with Crippen LogP contribution in [0.1, 0.15) is 66.7 Å². The smallest absolute Gasteiger partial charge is 0.248 e. The van der Waals surface area contributed by atoms with Crippen LogP contribution in [0.25, 0.3) is 0 Å². The van der Waals surface area contributed by atoms with Gasteiger partial charge in [0, 0.05) is 24.8 Å². The van der Waals surface area contributed by atoms with Crippen LogP contribution in [0.5, 0.6) is 0 Å². The number of likely N-dealkylation sites (tertiary alicyclic amines) is 1. The molecule has 230 valence electrons. The zero-order chi connectivity index (χ0) is 30.8. The van der Waals surface area contributed by atoms with E-state index in [2.05, 4.69) is 20.1 Å². The van der Waals surface area contributed by atoms with Crippen molar-refractivity contribution in [1.29, 1.82) is 0 Å². The molecule has 0 radical (unpaired) electrons. The van der Waals surface area contributed by atoms with Crippen LogP contribution in [0.3, 0.4) is 0 Å². The molecule has 1 aromatic carbocycles. The van der Waals surface area contributed by atoms with E-state index in [0.29, 0.717) is 25.8 Å². The minimum atomic E-state index is -1.16. The topological polar surface area (TPSA) is 90.4 Å². The number of anilines is 1. The van der Waals surface area contributed by atoms with Crippen LogP contribution in [-0.4, -0.2) is 81.7 Å². The molecule has 4 rings (SSSR count). The lowest BCUT2D eigenvalue weighted by Crippen LogP contribution is -2.60. The van der Waals surface area contributed by atoms with Gasteiger partial charge in [0.15, 0.2) is 0 Å². The van der Waals surface area contributed by atoms with Gasteiger partial charge < -0.3 is 24.5 Å². The molecular weight excluding hydrogens is 530 g/mol. The monoisotopic (exact) mass is 579 g/mol. The Morgan fingerprint density at radius 3 is 2.36 bits per heavy atom. The van der Waals surface area contributed by atoms with Gasteiger partial charge in [0.25, 0.3) is 0 Å². The number of hydrogen-bond donors (Lipinski definition) is 1. The van der Waals surface area contributed by atoms with E-state index >= 15 is 0 Å². The predicted molar refractivity (Wildman–Crippen MR) is 165 cm³/mol. The van der Waals surface area contributed by atoms with Crippen LogP contribution in [-0.2, 0) is 19.1 Å². The zero-order valence-electron chi connectivity index (χ0n) is 26.0. The molecule has 3 aliphatic heterocycles. The van der Waals surface area contributed by atoms with Crippen molar-refractivity contribution < 1.29 is 24.2 Å². The third-order valence-electron chi connectivity index (χ3n) is 9.56. The van der Waals surface area contributed by atoms with Crippen molar-refractivity contribution in [3.8, 4) is 0 Å². The van der Waals surface area contributed by atoms with Crippen molar-refractivity contribution in [2.45, 2.75) is 96.1 Å². The van der Waals surface area contributed by atoms with E-state index in [1.54, 1.807) is 26.9 Å². The van der Waals surface area contributed by atoms with Crippen LogP contribution in [0.4, 0.5) is 5.69 Å². The summed E-state index contributed by atoms with van der Waals surface area (Å²) in [4.78, 5) is 48.9. The summed E-state index contributed by atoms with van der Waals surface area (Å²) in [5, 5.41) is 10.6. The molecule has 2 bridgehead atoms. The third kappa shape index (κ3) is 5.32. The summed E-state index contributed by atoms with van der Waals surface area (Å²) in [6.45, 7) is 18.2. The second-order valence-electron chi connectivity index (χ2n) is 12.9. The Kier molecular flexibility index (Phi) is 9.68. The van der Waals surface area contributed by atoms with Crippen molar-refractivity contribution in [2.75, 3.05) is 24.6 Å². The van der Waals surface area contributed by atoms with E-state index in [1.165, 1.54) is 0 Å². The third-order valence-corrected chi connectivity index (χ3v) is 9.56. The molecule has 1 aromatic rings. The molecule has 1 N–H and O–H groups in total. The Morgan fingerprint density at radius 2 is 1.79 bits per heavy atom. The van der Waals surface area contributed by atoms with Crippen LogP contribution >= 0.6 is 0 Å². The zero-order valence-corrected chi connectivity index (χ0v) is 26.0. The van der Waals surface area contributed by atoms with Gasteiger partial charge in [-0.1, -0.05) is 57.5 Å². The summed E-state index contributed by atoms with van der Waals surface area (Å²) in [5.74, 6) is -2.11. The number of para-hydroxylation sites is 1. The Bertz CT molecular complexity index is 1170. The number of amides is 3. The minimum Gasteiger partial charge on any atom is -0.394 e. The largest absolute Gasteiger partial charge is 0.394 e. The van der Waals surface area contributed by atoms with Crippen molar-refractivity contribution >= 4 is 23.4 Å². The molecular formula is C34H49N3O5. The molecule has 3 aliphatic rings. The van der Waals surface area contributed by atoms with Gasteiger partial charge in [-0.15, -0.1) is 13.2 Å². The van der Waals surface area contributed by atoms with Crippen molar-refractivity contribution in [2.24, 2.45) is 17.8 Å². The van der Waals surface area contributed by atoms with E-state index in [1.807, 2.05) is 58.0 Å². The van der Waals surface area contributed by atoms with Crippen molar-refractivity contribution in [3.63, 3.8) is 0 Å². The molecule has 3 saturated heterocycles. The molecule has 8 nitrogen and oxygen atoms in total. The molecule has 3 heterocycles. The molecule has 42 heavy (non-hydrogen) atoms. The molecule has 0 aromatic heterocycles. The maximum absolute atomic E-state index is 14.7. The molecule has 8 heteroatoms. The first-order chi connectivity index (χ1) is 20.0. The number of carbonyl (C=O) groups excluding carboxylic acids is 3. The van der Waals surface area contributed by atoms with Gasteiger partial charge in [-0.2, -0.15) is 0 Å². The summed E-state index contributed by atoms with van der Waals surface area (Å²) in [6.07, 6.45) is 6.68. The van der Waals surface area contributed by atoms with Crippen LogP contribution in [0, 0.1) is 17.8 Å². The Morgan fingerprint density at radius 1 is 1.12 bits per heavy atom. The second kappa shape index (κ2) is 12.7. The minimum absolute atomic E-state index is 0.0710. The molecule has 0 saturated carbocycles. The number of aliphatic hydroxyl groups is 1. The van der Waals surface area contributed by atoms with Crippen LogP contribution in [0.15, 0.2) is 55.6 Å². The Hall–Kier alpha value is -2.97. The van der Waals surface area contributed by atoms with E-state index < -0.39 is 35.1 Å². The van der Waals surface area contributed by atoms with E-state index in [4.69, 9.17) is 4.74 Å². The van der Waals surface area contributed by atoms with E-state index in [9.17, 15) is 19.5 Å². The van der Waals surface area contributed by atoms with Crippen molar-refractivity contribution in [3.05, 3.63) is 55.6 Å². The first kappa shape index (κ1) is 32.0. The fraction of sp³-hybridized carbons (Fsp3) is 0.618. The van der Waals surface area contributed by atoms with Gasteiger partial charge in [0.05, 0.1) is 30.1 Å². The van der Waals surface area contributed by atoms with Gasteiger partial charge >= 0.3 is 0 Å². The summed E-state index contributed by atoms with van der Waals surface area (Å²) in [7, 11) is 0. The van der Waals surface area contributed by atoms with Crippen LogP contribution < -0.4 is 4.90 Å². The summed E-state index contributed by atoms with van der Waals surface area (Å²) in [5.41, 5.74) is -1.34. The Balaban J connectivity index is 1.85. The summed E-state index contributed by atoms with van der Waals surface area (Å²) >= 11 is 0. The predicted octanol–water partition coefficient (Wildman–Crippen LogP) is 4.58. The number of ether oxygens (including phenoxy) is 1. The average Bonchev–Trinajstić information content (AvgIpc) is 3.53. The number of rotatable bonds is 14. The normalized spacial score (nSPS) is 29.4. The first-order valence-electron chi connectivity index (χ1n) is 15.5.